The first kappa shape index (κ1) is 20.8. The van der Waals surface area contributed by atoms with Crippen LogP contribution in [0, 0.1) is 0 Å². The second-order valence-electron chi connectivity index (χ2n) is 5.74. The Balaban J connectivity index is 1.52. The van der Waals surface area contributed by atoms with Gasteiger partial charge >= 0.3 is 17.6 Å². The molecule has 1 heterocycles. The molecule has 0 saturated heterocycles. The van der Waals surface area contributed by atoms with E-state index in [1.165, 1.54) is 12.1 Å². The molecule has 0 spiro atoms. The van der Waals surface area contributed by atoms with Crippen molar-refractivity contribution in [1.82, 2.24) is 10.1 Å². The number of rotatable bonds is 7. The molecule has 29 heavy (non-hydrogen) atoms. The molecule has 0 saturated carbocycles. The number of halogens is 6. The summed E-state index contributed by atoms with van der Waals surface area (Å²) in [5.41, 5.74) is 1.34. The number of alkyl halides is 6. The predicted octanol–water partition coefficient (Wildman–Crippen LogP) is 5.54. The fraction of sp³-hybridized carbons (Fsp3) is 0.222. The molecular weight excluding hydrogens is 423 g/mol. The summed E-state index contributed by atoms with van der Waals surface area (Å²) in [5.74, 6) is -0.961. The van der Waals surface area contributed by atoms with Crippen LogP contribution in [0.2, 0.25) is 0 Å². The number of aromatic nitrogens is 2. The van der Waals surface area contributed by atoms with Gasteiger partial charge in [-0.1, -0.05) is 29.4 Å². The van der Waals surface area contributed by atoms with Crippen molar-refractivity contribution in [1.29, 1.82) is 0 Å². The molecule has 5 nitrogen and oxygen atoms in total. The zero-order chi connectivity index (χ0) is 21.1. The minimum absolute atomic E-state index is 0.0238. The highest BCUT2D eigenvalue weighted by atomic mass is 35.5. The molecule has 0 amide bonds. The first-order chi connectivity index (χ1) is 13.6. The molecule has 0 unspecified atom stereocenters. The Labute approximate surface area is 166 Å². The van der Waals surface area contributed by atoms with Crippen LogP contribution in [-0.4, -0.2) is 23.1 Å². The van der Waals surface area contributed by atoms with Gasteiger partial charge in [-0.15, -0.1) is 13.2 Å². The van der Waals surface area contributed by atoms with Crippen LogP contribution in [0.3, 0.4) is 0 Å². The summed E-state index contributed by atoms with van der Waals surface area (Å²) in [5, 5.41) is -0.279. The van der Waals surface area contributed by atoms with E-state index in [1.54, 1.807) is 24.3 Å². The van der Waals surface area contributed by atoms with Crippen LogP contribution in [0.15, 0.2) is 53.1 Å². The number of ether oxygens (including phenoxy) is 2. The Bertz CT molecular complexity index is 938. The Hall–Kier alpha value is -2.88. The Morgan fingerprint density at radius 2 is 1.52 bits per heavy atom. The van der Waals surface area contributed by atoms with Gasteiger partial charge in [-0.2, -0.15) is 13.8 Å². The molecule has 2 aromatic carbocycles. The first-order valence-electron chi connectivity index (χ1n) is 8.09. The lowest BCUT2D eigenvalue weighted by Crippen LogP contribution is -2.16. The highest BCUT2D eigenvalue weighted by Crippen LogP contribution is 2.32. The SMILES string of the molecule is FC(F)(F)Oc1ccc(OCCc2ccc(-c3noc(C(F)(F)Cl)n3)cc2)cc1. The maximum absolute atomic E-state index is 12.9. The summed E-state index contributed by atoms with van der Waals surface area (Å²) in [6.45, 7) is 0.268. The van der Waals surface area contributed by atoms with E-state index >= 15 is 0 Å². The molecule has 0 aliphatic rings. The molecule has 154 valence electrons. The summed E-state index contributed by atoms with van der Waals surface area (Å²) >= 11 is 4.83. The van der Waals surface area contributed by atoms with E-state index in [-0.39, 0.29) is 18.2 Å². The summed E-state index contributed by atoms with van der Waals surface area (Å²) in [6, 6.07) is 11.7. The van der Waals surface area contributed by atoms with Gasteiger partial charge in [-0.05, 0) is 41.4 Å². The normalized spacial score (nSPS) is 12.1. The average molecular weight is 435 g/mol. The summed E-state index contributed by atoms with van der Waals surface area (Å²) in [4.78, 5) is 3.55. The topological polar surface area (TPSA) is 57.4 Å². The summed E-state index contributed by atoms with van der Waals surface area (Å²) in [6.07, 6.45) is -4.25. The molecule has 3 rings (SSSR count). The quantitative estimate of drug-likeness (QED) is 0.361. The smallest absolute Gasteiger partial charge is 0.493 e. The van der Waals surface area contributed by atoms with Crippen molar-refractivity contribution in [3.8, 4) is 22.9 Å². The fourth-order valence-electron chi connectivity index (χ4n) is 2.30. The third-order valence-electron chi connectivity index (χ3n) is 3.60. The van der Waals surface area contributed by atoms with Crippen molar-refractivity contribution in [2.24, 2.45) is 0 Å². The van der Waals surface area contributed by atoms with Gasteiger partial charge in [0.1, 0.15) is 11.5 Å². The molecule has 0 N–H and O–H groups in total. The van der Waals surface area contributed by atoms with Crippen LogP contribution >= 0.6 is 11.6 Å². The third-order valence-corrected chi connectivity index (χ3v) is 3.76. The van der Waals surface area contributed by atoms with Gasteiger partial charge in [0.2, 0.25) is 5.82 Å². The monoisotopic (exact) mass is 434 g/mol. The van der Waals surface area contributed by atoms with Gasteiger partial charge in [-0.3, -0.25) is 0 Å². The van der Waals surface area contributed by atoms with E-state index < -0.39 is 17.6 Å². The van der Waals surface area contributed by atoms with Crippen molar-refractivity contribution in [3.63, 3.8) is 0 Å². The highest BCUT2D eigenvalue weighted by Gasteiger charge is 2.35. The zero-order valence-electron chi connectivity index (χ0n) is 14.4. The van der Waals surface area contributed by atoms with Crippen molar-refractivity contribution in [3.05, 3.63) is 60.0 Å². The molecular formula is C18H12ClF5N2O3. The van der Waals surface area contributed by atoms with E-state index in [0.717, 1.165) is 17.7 Å². The van der Waals surface area contributed by atoms with Crippen molar-refractivity contribution >= 4 is 11.6 Å². The average Bonchev–Trinajstić information content (AvgIpc) is 3.13. The lowest BCUT2D eigenvalue weighted by atomic mass is 10.1. The lowest BCUT2D eigenvalue weighted by molar-refractivity contribution is -0.274. The maximum atomic E-state index is 12.9. The highest BCUT2D eigenvalue weighted by molar-refractivity contribution is 6.21. The van der Waals surface area contributed by atoms with Crippen LogP contribution in [0.25, 0.3) is 11.4 Å². The van der Waals surface area contributed by atoms with Gasteiger partial charge in [0, 0.05) is 12.0 Å². The van der Waals surface area contributed by atoms with Gasteiger partial charge in [-0.25, -0.2) is 0 Å². The van der Waals surface area contributed by atoms with E-state index in [0.29, 0.717) is 17.7 Å². The molecule has 0 bridgehead atoms. The minimum Gasteiger partial charge on any atom is -0.493 e. The Morgan fingerprint density at radius 3 is 2.07 bits per heavy atom. The van der Waals surface area contributed by atoms with Crippen LogP contribution in [0.4, 0.5) is 22.0 Å². The van der Waals surface area contributed by atoms with E-state index in [4.69, 9.17) is 16.3 Å². The molecule has 0 radical (unpaired) electrons. The molecule has 3 aromatic rings. The summed E-state index contributed by atoms with van der Waals surface area (Å²) in [7, 11) is 0. The van der Waals surface area contributed by atoms with Crippen molar-refractivity contribution in [2.75, 3.05) is 6.61 Å². The second-order valence-corrected chi connectivity index (χ2v) is 6.21. The van der Waals surface area contributed by atoms with Gasteiger partial charge < -0.3 is 14.0 Å². The van der Waals surface area contributed by atoms with Gasteiger partial charge in [0.05, 0.1) is 6.61 Å². The van der Waals surface area contributed by atoms with E-state index in [1.807, 2.05) is 0 Å². The lowest BCUT2D eigenvalue weighted by Gasteiger charge is -2.10. The maximum Gasteiger partial charge on any atom is 0.573 e. The standard InChI is InChI=1S/C18H12ClF5N2O3/c19-17(20,21)16-25-15(26-29-16)12-3-1-11(2-4-12)9-10-27-13-5-7-14(8-6-13)28-18(22,23)24/h1-8H,9-10H2. The predicted molar refractivity (Wildman–Crippen MR) is 91.8 cm³/mol. The van der Waals surface area contributed by atoms with Gasteiger partial charge in [0.15, 0.2) is 0 Å². The van der Waals surface area contributed by atoms with Crippen molar-refractivity contribution < 1.29 is 35.9 Å². The largest absolute Gasteiger partial charge is 0.573 e. The van der Waals surface area contributed by atoms with Gasteiger partial charge in [0.25, 0.3) is 0 Å². The van der Waals surface area contributed by atoms with E-state index in [2.05, 4.69) is 19.4 Å². The Morgan fingerprint density at radius 1 is 0.897 bits per heavy atom. The third kappa shape index (κ3) is 6.05. The molecule has 1 aromatic heterocycles. The van der Waals surface area contributed by atoms with Crippen LogP contribution < -0.4 is 9.47 Å². The second kappa shape index (κ2) is 8.24. The molecule has 0 atom stereocenters. The van der Waals surface area contributed by atoms with Crippen LogP contribution in [0.5, 0.6) is 11.5 Å². The molecule has 0 fully saturated rings. The van der Waals surface area contributed by atoms with Crippen molar-refractivity contribution in [2.45, 2.75) is 18.2 Å². The van der Waals surface area contributed by atoms with E-state index in [9.17, 15) is 22.0 Å². The van der Waals surface area contributed by atoms with Crippen LogP contribution in [-0.2, 0) is 11.8 Å². The molecule has 0 aliphatic heterocycles. The molecule has 0 aliphatic carbocycles. The number of hydrogen-bond acceptors (Lipinski definition) is 5. The number of hydrogen-bond donors (Lipinski definition) is 0. The fourth-order valence-corrected chi connectivity index (χ4v) is 2.38. The summed E-state index contributed by atoms with van der Waals surface area (Å²) < 4.78 is 75.9. The Kier molecular flexibility index (Phi) is 5.92. The van der Waals surface area contributed by atoms with Crippen LogP contribution in [0.1, 0.15) is 11.5 Å². The minimum atomic E-state index is -4.75. The molecule has 11 heteroatoms. The number of benzene rings is 2. The zero-order valence-corrected chi connectivity index (χ0v) is 15.2. The number of nitrogens with zero attached hydrogens (tertiary/aromatic N) is 2. The first-order valence-corrected chi connectivity index (χ1v) is 8.47.